The number of carbonyl (C=O) groups is 1. The normalized spacial score (nSPS) is 17.9. The van der Waals surface area contributed by atoms with Crippen LogP contribution in [0.5, 0.6) is 0 Å². The molecule has 20 heavy (non-hydrogen) atoms. The highest BCUT2D eigenvalue weighted by Gasteiger charge is 2.24. The Hall–Kier alpha value is -1.62. The molecule has 1 aromatic heterocycles. The molecular formula is C15H24N4O. The molecule has 0 spiro atoms. The van der Waals surface area contributed by atoms with Crippen molar-refractivity contribution in [2.75, 3.05) is 27.2 Å². The third-order valence-electron chi connectivity index (χ3n) is 3.77. The summed E-state index contributed by atoms with van der Waals surface area (Å²) in [5, 5.41) is 3.61. The van der Waals surface area contributed by atoms with Crippen molar-refractivity contribution in [2.45, 2.75) is 31.8 Å². The Balaban J connectivity index is 1.81. The van der Waals surface area contributed by atoms with Gasteiger partial charge in [-0.25, -0.2) is 4.79 Å². The van der Waals surface area contributed by atoms with E-state index in [1.165, 1.54) is 0 Å². The third-order valence-corrected chi connectivity index (χ3v) is 3.77. The fourth-order valence-corrected chi connectivity index (χ4v) is 2.59. The quantitative estimate of drug-likeness (QED) is 0.917. The number of hydrogen-bond donors (Lipinski definition) is 1. The Labute approximate surface area is 121 Å². The van der Waals surface area contributed by atoms with Crippen molar-refractivity contribution in [1.82, 2.24) is 20.1 Å². The summed E-state index contributed by atoms with van der Waals surface area (Å²) in [4.78, 5) is 19.8. The Bertz CT molecular complexity index is 427. The fraction of sp³-hybridized carbons (Fsp3) is 0.600. The topological polar surface area (TPSA) is 48.5 Å². The van der Waals surface area contributed by atoms with Crippen LogP contribution in [0.15, 0.2) is 24.4 Å². The summed E-state index contributed by atoms with van der Waals surface area (Å²) in [5.74, 6) is 0. The molecule has 110 valence electrons. The van der Waals surface area contributed by atoms with Crippen molar-refractivity contribution in [3.8, 4) is 0 Å². The van der Waals surface area contributed by atoms with Gasteiger partial charge in [0.1, 0.15) is 0 Å². The van der Waals surface area contributed by atoms with Crippen LogP contribution in [0.2, 0.25) is 0 Å². The van der Waals surface area contributed by atoms with Crippen molar-refractivity contribution in [3.05, 3.63) is 30.1 Å². The molecule has 2 rings (SSSR count). The third kappa shape index (κ3) is 3.70. The fourth-order valence-electron chi connectivity index (χ4n) is 2.59. The first-order chi connectivity index (χ1) is 9.58. The van der Waals surface area contributed by atoms with E-state index in [2.05, 4.69) is 17.2 Å². The van der Waals surface area contributed by atoms with E-state index in [9.17, 15) is 4.79 Å². The highest BCUT2D eigenvalue weighted by Crippen LogP contribution is 2.16. The van der Waals surface area contributed by atoms with E-state index in [-0.39, 0.29) is 12.1 Å². The molecule has 1 atom stereocenters. The zero-order valence-corrected chi connectivity index (χ0v) is 12.5. The maximum Gasteiger partial charge on any atom is 0.319 e. The van der Waals surface area contributed by atoms with Gasteiger partial charge in [0, 0.05) is 45.5 Å². The second kappa shape index (κ2) is 6.70. The van der Waals surface area contributed by atoms with Gasteiger partial charge < -0.3 is 15.1 Å². The minimum atomic E-state index is 0.112. The van der Waals surface area contributed by atoms with Gasteiger partial charge in [-0.15, -0.1) is 0 Å². The highest BCUT2D eigenvalue weighted by atomic mass is 16.2. The summed E-state index contributed by atoms with van der Waals surface area (Å²) in [6, 6.07) is 6.81. The van der Waals surface area contributed by atoms with Crippen LogP contribution in [0.4, 0.5) is 4.79 Å². The van der Waals surface area contributed by atoms with Crippen LogP contribution in [0.3, 0.4) is 0 Å². The lowest BCUT2D eigenvalue weighted by atomic mass is 10.0. The van der Waals surface area contributed by atoms with Crippen LogP contribution >= 0.6 is 0 Å². The number of amides is 2. The Morgan fingerprint density at radius 2 is 2.10 bits per heavy atom. The molecule has 1 aliphatic heterocycles. The van der Waals surface area contributed by atoms with Gasteiger partial charge in [0.25, 0.3) is 0 Å². The first-order valence-electron chi connectivity index (χ1n) is 7.21. The number of nitrogens with zero attached hydrogens (tertiary/aromatic N) is 3. The molecule has 0 bridgehead atoms. The molecule has 2 heterocycles. The van der Waals surface area contributed by atoms with E-state index in [0.29, 0.717) is 6.04 Å². The van der Waals surface area contributed by atoms with Gasteiger partial charge in [-0.1, -0.05) is 6.07 Å². The van der Waals surface area contributed by atoms with Gasteiger partial charge in [-0.05, 0) is 31.9 Å². The van der Waals surface area contributed by atoms with Gasteiger partial charge in [-0.2, -0.15) is 0 Å². The van der Waals surface area contributed by atoms with Crippen molar-refractivity contribution >= 4 is 6.03 Å². The molecule has 0 aliphatic carbocycles. The van der Waals surface area contributed by atoms with Crippen molar-refractivity contribution in [3.63, 3.8) is 0 Å². The molecule has 0 saturated carbocycles. The minimum absolute atomic E-state index is 0.112. The largest absolute Gasteiger partial charge is 0.331 e. The molecule has 1 N–H and O–H groups in total. The first-order valence-corrected chi connectivity index (χ1v) is 7.21. The second-order valence-corrected chi connectivity index (χ2v) is 5.58. The van der Waals surface area contributed by atoms with Gasteiger partial charge in [0.15, 0.2) is 0 Å². The maximum atomic E-state index is 11.9. The maximum absolute atomic E-state index is 11.9. The molecule has 5 heteroatoms. The number of urea groups is 1. The number of hydrogen-bond acceptors (Lipinski definition) is 3. The molecule has 1 unspecified atom stereocenters. The van der Waals surface area contributed by atoms with Gasteiger partial charge in [-0.3, -0.25) is 4.98 Å². The second-order valence-electron chi connectivity index (χ2n) is 5.58. The summed E-state index contributed by atoms with van der Waals surface area (Å²) in [7, 11) is 3.60. The van der Waals surface area contributed by atoms with Crippen molar-refractivity contribution in [2.24, 2.45) is 0 Å². The predicted octanol–water partition coefficient (Wildman–Crippen LogP) is 1.88. The molecule has 1 aromatic rings. The summed E-state index contributed by atoms with van der Waals surface area (Å²) in [5.41, 5.74) is 1.07. The molecule has 1 saturated heterocycles. The molecule has 5 nitrogen and oxygen atoms in total. The summed E-state index contributed by atoms with van der Waals surface area (Å²) in [6.07, 6.45) is 3.82. The summed E-state index contributed by atoms with van der Waals surface area (Å²) >= 11 is 0. The molecule has 1 aliphatic rings. The minimum Gasteiger partial charge on any atom is -0.331 e. The van der Waals surface area contributed by atoms with E-state index in [4.69, 9.17) is 0 Å². The lowest BCUT2D eigenvalue weighted by molar-refractivity contribution is 0.151. The number of aromatic nitrogens is 1. The zero-order chi connectivity index (χ0) is 14.5. The highest BCUT2D eigenvalue weighted by molar-refractivity contribution is 5.73. The van der Waals surface area contributed by atoms with Gasteiger partial charge in [0.2, 0.25) is 0 Å². The average molecular weight is 276 g/mol. The van der Waals surface area contributed by atoms with Crippen molar-refractivity contribution < 1.29 is 4.79 Å². The van der Waals surface area contributed by atoms with E-state index in [1.54, 1.807) is 19.0 Å². The van der Waals surface area contributed by atoms with E-state index in [0.717, 1.165) is 31.6 Å². The monoisotopic (exact) mass is 276 g/mol. The summed E-state index contributed by atoms with van der Waals surface area (Å²) in [6.45, 7) is 3.78. The number of carbonyl (C=O) groups excluding carboxylic acids is 1. The number of likely N-dealkylation sites (tertiary alicyclic amines) is 1. The van der Waals surface area contributed by atoms with E-state index >= 15 is 0 Å². The number of piperidine rings is 1. The van der Waals surface area contributed by atoms with Crippen LogP contribution in [0.1, 0.15) is 31.5 Å². The van der Waals surface area contributed by atoms with Gasteiger partial charge >= 0.3 is 6.03 Å². The molecule has 0 radical (unpaired) electrons. The number of pyridine rings is 1. The van der Waals surface area contributed by atoms with Crippen LogP contribution in [-0.4, -0.2) is 54.0 Å². The summed E-state index contributed by atoms with van der Waals surface area (Å²) < 4.78 is 0. The van der Waals surface area contributed by atoms with Crippen LogP contribution in [0.25, 0.3) is 0 Å². The SMILES string of the molecule is CC(NC1CCN(C(=O)N(C)C)CC1)c1ccccn1. The lowest BCUT2D eigenvalue weighted by Gasteiger charge is -2.35. The Kier molecular flexibility index (Phi) is 4.95. The zero-order valence-electron chi connectivity index (χ0n) is 12.5. The van der Waals surface area contributed by atoms with E-state index in [1.807, 2.05) is 29.3 Å². The average Bonchev–Trinajstić information content (AvgIpc) is 2.48. The smallest absolute Gasteiger partial charge is 0.319 e. The standard InChI is InChI=1S/C15H24N4O/c1-12(14-6-4-5-9-16-14)17-13-7-10-19(11-8-13)15(20)18(2)3/h4-6,9,12-13,17H,7-8,10-11H2,1-3H3. The van der Waals surface area contributed by atoms with Crippen molar-refractivity contribution in [1.29, 1.82) is 0 Å². The van der Waals surface area contributed by atoms with E-state index < -0.39 is 0 Å². The Morgan fingerprint density at radius 1 is 1.40 bits per heavy atom. The molecule has 1 fully saturated rings. The van der Waals surface area contributed by atoms with Crippen LogP contribution in [-0.2, 0) is 0 Å². The number of rotatable bonds is 3. The van der Waals surface area contributed by atoms with Crippen LogP contribution < -0.4 is 5.32 Å². The van der Waals surface area contributed by atoms with Gasteiger partial charge in [0.05, 0.1) is 5.69 Å². The number of nitrogens with one attached hydrogen (secondary N) is 1. The Morgan fingerprint density at radius 3 is 2.65 bits per heavy atom. The predicted molar refractivity (Wildman–Crippen MR) is 79.5 cm³/mol. The molecular weight excluding hydrogens is 252 g/mol. The lowest BCUT2D eigenvalue weighted by Crippen LogP contribution is -2.48. The van der Waals surface area contributed by atoms with Crippen LogP contribution in [0, 0.1) is 0 Å². The molecule has 2 amide bonds. The molecule has 0 aromatic carbocycles. The first kappa shape index (κ1) is 14.8.